The summed E-state index contributed by atoms with van der Waals surface area (Å²) in [6.07, 6.45) is 8.44. The van der Waals surface area contributed by atoms with E-state index in [1.165, 1.54) is 0 Å². The van der Waals surface area contributed by atoms with Gasteiger partial charge in [0.1, 0.15) is 6.04 Å². The number of amides is 3. The SMILES string of the molecule is CN1CC=C[C@H]2S[C@]34C=CCN(c5ccc6ccccc6c5)C(=O)C3N([C@@H](CO)Cc3ccccc3)C(=O)[C@@H]4[C@H]2C1=O. The van der Waals surface area contributed by atoms with Crippen molar-refractivity contribution in [1.29, 1.82) is 0 Å². The van der Waals surface area contributed by atoms with Crippen LogP contribution in [0.3, 0.4) is 0 Å². The van der Waals surface area contributed by atoms with Crippen molar-refractivity contribution in [2.75, 3.05) is 31.6 Å². The smallest absolute Gasteiger partial charge is 0.251 e. The van der Waals surface area contributed by atoms with Crippen molar-refractivity contribution in [2.24, 2.45) is 11.8 Å². The number of anilines is 1. The van der Waals surface area contributed by atoms with Gasteiger partial charge in [0.25, 0.3) is 5.91 Å². The van der Waals surface area contributed by atoms with Gasteiger partial charge < -0.3 is 19.8 Å². The molecule has 2 saturated heterocycles. The number of fused-ring (bicyclic) bond motifs is 3. The number of carbonyl (C=O) groups excluding carboxylic acids is 3. The summed E-state index contributed by atoms with van der Waals surface area (Å²) in [6.45, 7) is 0.552. The molecule has 4 aliphatic rings. The van der Waals surface area contributed by atoms with Gasteiger partial charge in [-0.1, -0.05) is 85.0 Å². The Kier molecular flexibility index (Phi) is 6.71. The first-order valence-corrected chi connectivity index (χ1v) is 15.3. The molecule has 0 radical (unpaired) electrons. The molecule has 0 aliphatic carbocycles. The second kappa shape index (κ2) is 10.4. The molecule has 6 atom stereocenters. The van der Waals surface area contributed by atoms with Gasteiger partial charge in [0.15, 0.2) is 0 Å². The number of benzene rings is 3. The van der Waals surface area contributed by atoms with Crippen LogP contribution in [0.15, 0.2) is 97.1 Å². The lowest BCUT2D eigenvalue weighted by atomic mass is 9.78. The third-order valence-electron chi connectivity index (χ3n) is 9.26. The fourth-order valence-electron chi connectivity index (χ4n) is 7.31. The first kappa shape index (κ1) is 27.0. The Labute approximate surface area is 249 Å². The van der Waals surface area contributed by atoms with E-state index < -0.39 is 28.7 Å². The van der Waals surface area contributed by atoms with Crippen LogP contribution < -0.4 is 4.90 Å². The predicted octanol–water partition coefficient (Wildman–Crippen LogP) is 3.67. The number of aliphatic hydroxyl groups excluding tert-OH is 1. The molecule has 7 nitrogen and oxygen atoms in total. The van der Waals surface area contributed by atoms with E-state index in [0.29, 0.717) is 19.5 Å². The third kappa shape index (κ3) is 4.11. The number of hydrogen-bond donors (Lipinski definition) is 1. The average Bonchev–Trinajstić information content (AvgIpc) is 3.34. The van der Waals surface area contributed by atoms with E-state index in [1.807, 2.05) is 97.1 Å². The van der Waals surface area contributed by atoms with Crippen LogP contribution in [0.25, 0.3) is 10.8 Å². The molecule has 1 spiro atoms. The summed E-state index contributed by atoms with van der Waals surface area (Å²) >= 11 is 1.56. The Morgan fingerprint density at radius 1 is 0.905 bits per heavy atom. The van der Waals surface area contributed by atoms with Crippen LogP contribution in [0.4, 0.5) is 5.69 Å². The van der Waals surface area contributed by atoms with Gasteiger partial charge in [0.05, 0.1) is 29.2 Å². The van der Waals surface area contributed by atoms with Crippen LogP contribution in [0.1, 0.15) is 5.56 Å². The second-order valence-electron chi connectivity index (χ2n) is 11.6. The molecule has 3 amide bonds. The summed E-state index contributed by atoms with van der Waals surface area (Å²) in [6, 6.07) is 22.2. The van der Waals surface area contributed by atoms with Crippen molar-refractivity contribution in [3.05, 3.63) is 103 Å². The van der Waals surface area contributed by atoms with Gasteiger partial charge in [0.2, 0.25) is 11.8 Å². The van der Waals surface area contributed by atoms with E-state index in [2.05, 4.69) is 0 Å². The zero-order chi connectivity index (χ0) is 29.0. The highest BCUT2D eigenvalue weighted by molar-refractivity contribution is 8.02. The minimum atomic E-state index is -0.933. The van der Waals surface area contributed by atoms with Crippen molar-refractivity contribution in [3.63, 3.8) is 0 Å². The Bertz CT molecular complexity index is 1620. The van der Waals surface area contributed by atoms with E-state index in [1.54, 1.807) is 33.5 Å². The monoisotopic (exact) mass is 579 g/mol. The summed E-state index contributed by atoms with van der Waals surface area (Å²) in [7, 11) is 1.76. The minimum absolute atomic E-state index is 0.0755. The number of carbonyl (C=O) groups is 3. The quantitative estimate of drug-likeness (QED) is 0.467. The standard InChI is InChI=1S/C34H33N3O4S/c1-35-17-7-13-27-28(31(35)39)29-32(40)37(26(21-38)19-22-9-3-2-4-10-22)30-33(41)36(18-8-16-34(29,30)42-27)25-15-14-23-11-5-6-12-24(23)20-25/h2-16,20,26-30,38H,17-19,21H2,1H3/t26-,27-,28+,29+,30?,34+/m1/s1. The molecule has 0 bridgehead atoms. The molecule has 4 heterocycles. The molecule has 3 aromatic carbocycles. The number of nitrogens with zero attached hydrogens (tertiary/aromatic N) is 3. The number of rotatable bonds is 5. The fourth-order valence-corrected chi connectivity index (χ4v) is 9.30. The average molecular weight is 580 g/mol. The van der Waals surface area contributed by atoms with Gasteiger partial charge in [0, 0.05) is 31.1 Å². The van der Waals surface area contributed by atoms with Gasteiger partial charge >= 0.3 is 0 Å². The molecule has 7 rings (SSSR count). The Balaban J connectivity index is 1.35. The molecule has 0 saturated carbocycles. The minimum Gasteiger partial charge on any atom is -0.394 e. The van der Waals surface area contributed by atoms with E-state index in [9.17, 15) is 19.5 Å². The van der Waals surface area contributed by atoms with E-state index in [0.717, 1.165) is 22.0 Å². The largest absolute Gasteiger partial charge is 0.394 e. The maximum absolute atomic E-state index is 14.8. The van der Waals surface area contributed by atoms with Gasteiger partial charge in [-0.25, -0.2) is 0 Å². The molecule has 3 aromatic rings. The Hall–Kier alpha value is -3.88. The Morgan fingerprint density at radius 3 is 2.45 bits per heavy atom. The molecule has 0 aromatic heterocycles. The summed E-state index contributed by atoms with van der Waals surface area (Å²) in [4.78, 5) is 48.3. The molecular formula is C34H33N3O4S. The van der Waals surface area contributed by atoms with Crippen molar-refractivity contribution >= 4 is 45.9 Å². The highest BCUT2D eigenvalue weighted by Crippen LogP contribution is 2.61. The number of aliphatic hydroxyl groups is 1. The van der Waals surface area contributed by atoms with E-state index >= 15 is 0 Å². The van der Waals surface area contributed by atoms with Gasteiger partial charge in [-0.2, -0.15) is 0 Å². The first-order chi connectivity index (χ1) is 20.4. The molecule has 2 fully saturated rings. The summed E-state index contributed by atoms with van der Waals surface area (Å²) in [5.74, 6) is -1.79. The molecule has 42 heavy (non-hydrogen) atoms. The third-order valence-corrected chi connectivity index (χ3v) is 11.0. The van der Waals surface area contributed by atoms with Crippen LogP contribution in [0.2, 0.25) is 0 Å². The van der Waals surface area contributed by atoms with Crippen molar-refractivity contribution in [3.8, 4) is 0 Å². The zero-order valence-electron chi connectivity index (χ0n) is 23.4. The maximum Gasteiger partial charge on any atom is 0.251 e. The van der Waals surface area contributed by atoms with Gasteiger partial charge in [-0.15, -0.1) is 11.8 Å². The van der Waals surface area contributed by atoms with Gasteiger partial charge in [-0.05, 0) is 34.9 Å². The summed E-state index contributed by atoms with van der Waals surface area (Å²) < 4.78 is -0.933. The topological polar surface area (TPSA) is 81.2 Å². The molecule has 8 heteroatoms. The lowest BCUT2D eigenvalue weighted by Crippen LogP contribution is -2.57. The first-order valence-electron chi connectivity index (χ1n) is 14.5. The number of likely N-dealkylation sites (N-methyl/N-ethyl adjacent to an activating group) is 1. The fraction of sp³-hybridized carbons (Fsp3) is 0.324. The lowest BCUT2D eigenvalue weighted by molar-refractivity contribution is -0.144. The summed E-state index contributed by atoms with van der Waals surface area (Å²) in [5.41, 5.74) is 1.73. The maximum atomic E-state index is 14.8. The Morgan fingerprint density at radius 2 is 1.67 bits per heavy atom. The lowest BCUT2D eigenvalue weighted by Gasteiger charge is -2.38. The number of thioether (sulfide) groups is 1. The number of likely N-dealkylation sites (tertiary alicyclic amines) is 1. The molecule has 1 unspecified atom stereocenters. The van der Waals surface area contributed by atoms with E-state index in [-0.39, 0.29) is 29.6 Å². The van der Waals surface area contributed by atoms with Crippen LogP contribution >= 0.6 is 11.8 Å². The van der Waals surface area contributed by atoms with Gasteiger partial charge in [-0.3, -0.25) is 14.4 Å². The second-order valence-corrected chi connectivity index (χ2v) is 13.1. The van der Waals surface area contributed by atoms with Crippen LogP contribution in [0, 0.1) is 11.8 Å². The van der Waals surface area contributed by atoms with Crippen molar-refractivity contribution < 1.29 is 19.5 Å². The highest BCUT2D eigenvalue weighted by atomic mass is 32.2. The zero-order valence-corrected chi connectivity index (χ0v) is 24.2. The highest BCUT2D eigenvalue weighted by Gasteiger charge is 2.71. The molecule has 1 N–H and O–H groups in total. The summed E-state index contributed by atoms with van der Waals surface area (Å²) in [5, 5.41) is 12.6. The molecule has 4 aliphatic heterocycles. The van der Waals surface area contributed by atoms with Crippen molar-refractivity contribution in [1.82, 2.24) is 9.80 Å². The molecule has 214 valence electrons. The van der Waals surface area contributed by atoms with Crippen LogP contribution in [-0.4, -0.2) is 81.5 Å². The van der Waals surface area contributed by atoms with Crippen molar-refractivity contribution in [2.45, 2.75) is 28.5 Å². The molecular weight excluding hydrogens is 546 g/mol. The van der Waals surface area contributed by atoms with E-state index in [4.69, 9.17) is 0 Å². The van der Waals surface area contributed by atoms with Crippen LogP contribution in [0.5, 0.6) is 0 Å². The normalized spacial score (nSPS) is 29.4. The van der Waals surface area contributed by atoms with Crippen LogP contribution in [-0.2, 0) is 20.8 Å². The number of hydrogen-bond acceptors (Lipinski definition) is 5. The predicted molar refractivity (Wildman–Crippen MR) is 165 cm³/mol.